The number of thiophene rings is 3. The van der Waals surface area contributed by atoms with Crippen LogP contribution in [-0.2, 0) is 6.42 Å². The van der Waals surface area contributed by atoms with E-state index in [0.717, 1.165) is 6.42 Å². The van der Waals surface area contributed by atoms with Gasteiger partial charge in [0.1, 0.15) is 0 Å². The number of rotatable bonds is 1. The summed E-state index contributed by atoms with van der Waals surface area (Å²) in [6.07, 6.45) is 1.12. The van der Waals surface area contributed by atoms with Crippen molar-refractivity contribution in [1.82, 2.24) is 0 Å². The topological polar surface area (TPSA) is 0 Å². The van der Waals surface area contributed by atoms with E-state index < -0.39 is 0 Å². The molecule has 0 bridgehead atoms. The number of aryl methyl sites for hydroxylation is 2. The zero-order valence-corrected chi connectivity index (χ0v) is 14.8. The minimum absolute atomic E-state index is 1.12. The monoisotopic (exact) mass is 338 g/mol. The van der Waals surface area contributed by atoms with Gasteiger partial charge in [0.25, 0.3) is 0 Å². The Morgan fingerprint density at radius 2 is 1.36 bits per heavy atom. The maximum absolute atomic E-state index is 2.40. The largest absolute Gasteiger partial charge is 0.141 e. The van der Waals surface area contributed by atoms with Crippen molar-refractivity contribution in [3.63, 3.8) is 0 Å². The van der Waals surface area contributed by atoms with Crippen LogP contribution < -0.4 is 0 Å². The van der Waals surface area contributed by atoms with Crippen molar-refractivity contribution < 1.29 is 0 Å². The molecule has 0 spiro atoms. The van der Waals surface area contributed by atoms with E-state index in [9.17, 15) is 0 Å². The molecule has 0 fully saturated rings. The number of fused-ring (bicyclic) bond motifs is 7. The van der Waals surface area contributed by atoms with Crippen LogP contribution in [0.15, 0.2) is 36.4 Å². The smallest absolute Gasteiger partial charge is 0.0442 e. The van der Waals surface area contributed by atoms with Crippen molar-refractivity contribution in [3.05, 3.63) is 46.2 Å². The lowest BCUT2D eigenvalue weighted by molar-refractivity contribution is 1.19. The zero-order chi connectivity index (χ0) is 14.8. The molecule has 5 aromatic rings. The van der Waals surface area contributed by atoms with Gasteiger partial charge in [0, 0.05) is 50.1 Å². The van der Waals surface area contributed by atoms with Crippen LogP contribution in [-0.4, -0.2) is 0 Å². The van der Waals surface area contributed by atoms with Gasteiger partial charge in [-0.2, -0.15) is 0 Å². The lowest BCUT2D eigenvalue weighted by Crippen LogP contribution is -1.67. The molecule has 0 nitrogen and oxygen atoms in total. The van der Waals surface area contributed by atoms with Gasteiger partial charge in [-0.3, -0.25) is 0 Å². The number of benzene rings is 2. The van der Waals surface area contributed by atoms with Gasteiger partial charge in [-0.15, -0.1) is 34.0 Å². The van der Waals surface area contributed by atoms with Gasteiger partial charge in [0.2, 0.25) is 0 Å². The highest BCUT2D eigenvalue weighted by Crippen LogP contribution is 2.44. The fourth-order valence-electron chi connectivity index (χ4n) is 3.27. The molecule has 22 heavy (non-hydrogen) atoms. The molecule has 0 aliphatic carbocycles. The summed E-state index contributed by atoms with van der Waals surface area (Å²) in [7, 11) is 0. The Balaban J connectivity index is 2.01. The van der Waals surface area contributed by atoms with E-state index in [2.05, 4.69) is 50.2 Å². The summed E-state index contributed by atoms with van der Waals surface area (Å²) in [6.45, 7) is 4.44. The average molecular weight is 339 g/mol. The molecular weight excluding hydrogens is 324 g/mol. The van der Waals surface area contributed by atoms with Gasteiger partial charge in [-0.1, -0.05) is 19.1 Å². The minimum atomic E-state index is 1.12. The lowest BCUT2D eigenvalue weighted by Gasteiger charge is -1.93. The van der Waals surface area contributed by atoms with Gasteiger partial charge >= 0.3 is 0 Å². The summed E-state index contributed by atoms with van der Waals surface area (Å²) in [5.74, 6) is 0. The third-order valence-electron chi connectivity index (χ3n) is 4.32. The third kappa shape index (κ3) is 1.67. The van der Waals surface area contributed by atoms with Crippen LogP contribution in [0, 0.1) is 6.92 Å². The highest BCUT2D eigenvalue weighted by Gasteiger charge is 2.13. The Labute approximate surface area is 140 Å². The molecule has 0 unspecified atom stereocenters. The first-order chi connectivity index (χ1) is 10.7. The van der Waals surface area contributed by atoms with E-state index in [1.807, 2.05) is 34.0 Å². The Bertz CT molecular complexity index is 1170. The second kappa shape index (κ2) is 4.54. The maximum atomic E-state index is 2.40. The highest BCUT2D eigenvalue weighted by atomic mass is 32.1. The molecule has 0 aliphatic heterocycles. The molecule has 5 rings (SSSR count). The predicted molar refractivity (Wildman–Crippen MR) is 104 cm³/mol. The number of hydrogen-bond acceptors (Lipinski definition) is 3. The molecule has 3 heterocycles. The first-order valence-corrected chi connectivity index (χ1v) is 9.96. The minimum Gasteiger partial charge on any atom is -0.141 e. The van der Waals surface area contributed by atoms with E-state index >= 15 is 0 Å². The lowest BCUT2D eigenvalue weighted by atomic mass is 10.1. The Morgan fingerprint density at radius 3 is 2.05 bits per heavy atom. The molecule has 108 valence electrons. The predicted octanol–water partition coefficient (Wildman–Crippen LogP) is 7.35. The molecule has 0 N–H and O–H groups in total. The molecule has 0 saturated heterocycles. The first-order valence-electron chi connectivity index (χ1n) is 7.51. The van der Waals surface area contributed by atoms with Gasteiger partial charge < -0.3 is 0 Å². The van der Waals surface area contributed by atoms with Crippen LogP contribution in [0.1, 0.15) is 16.7 Å². The zero-order valence-electron chi connectivity index (χ0n) is 12.4. The standard InChI is InChI=1S/C19H14S3/c1-3-11-9-15-17(21-11)7-5-13-12-4-6-16-14(8-10(2)20-16)18(12)22-19(13)15/h4-9H,3H2,1-2H3. The fraction of sp³-hybridized carbons (Fsp3) is 0.158. The average Bonchev–Trinajstić information content (AvgIpc) is 3.18. The van der Waals surface area contributed by atoms with Crippen LogP contribution in [0.5, 0.6) is 0 Å². The summed E-state index contributed by atoms with van der Waals surface area (Å²) < 4.78 is 5.74. The molecule has 3 aromatic heterocycles. The highest BCUT2D eigenvalue weighted by molar-refractivity contribution is 7.29. The van der Waals surface area contributed by atoms with Gasteiger partial charge in [0.15, 0.2) is 0 Å². The van der Waals surface area contributed by atoms with Crippen molar-refractivity contribution in [2.75, 3.05) is 0 Å². The molecule has 3 heteroatoms. The van der Waals surface area contributed by atoms with Crippen LogP contribution in [0.25, 0.3) is 40.3 Å². The summed E-state index contributed by atoms with van der Waals surface area (Å²) in [5.41, 5.74) is 0. The van der Waals surface area contributed by atoms with Crippen molar-refractivity contribution in [2.24, 2.45) is 0 Å². The van der Waals surface area contributed by atoms with Crippen LogP contribution in [0.2, 0.25) is 0 Å². The molecule has 2 aromatic carbocycles. The Hall–Kier alpha value is -1.42. The van der Waals surface area contributed by atoms with Crippen molar-refractivity contribution >= 4 is 74.4 Å². The Morgan fingerprint density at radius 1 is 0.727 bits per heavy atom. The van der Waals surface area contributed by atoms with E-state index in [0.29, 0.717) is 0 Å². The number of hydrogen-bond donors (Lipinski definition) is 0. The second-order valence-electron chi connectivity index (χ2n) is 5.73. The molecular formula is C19H14S3. The van der Waals surface area contributed by atoms with E-state index in [-0.39, 0.29) is 0 Å². The van der Waals surface area contributed by atoms with Crippen molar-refractivity contribution in [2.45, 2.75) is 20.3 Å². The quantitative estimate of drug-likeness (QED) is 0.299. The third-order valence-corrected chi connectivity index (χ3v) is 7.87. The van der Waals surface area contributed by atoms with Gasteiger partial charge in [0.05, 0.1) is 0 Å². The van der Waals surface area contributed by atoms with Gasteiger partial charge in [-0.05, 0) is 37.6 Å². The summed E-state index contributed by atoms with van der Waals surface area (Å²) in [4.78, 5) is 2.88. The summed E-state index contributed by atoms with van der Waals surface area (Å²) in [6, 6.07) is 14.0. The Kier molecular flexibility index (Phi) is 2.70. The van der Waals surface area contributed by atoms with E-state index in [1.165, 1.54) is 50.1 Å². The van der Waals surface area contributed by atoms with Crippen molar-refractivity contribution in [3.8, 4) is 0 Å². The molecule has 0 saturated carbocycles. The molecule has 0 atom stereocenters. The van der Waals surface area contributed by atoms with Crippen LogP contribution in [0.3, 0.4) is 0 Å². The SMILES string of the molecule is CCc1cc2c(ccc3c4ccc5sc(C)cc5c4sc23)s1. The summed E-state index contributed by atoms with van der Waals surface area (Å²) in [5, 5.41) is 5.70. The van der Waals surface area contributed by atoms with Crippen LogP contribution >= 0.6 is 34.0 Å². The van der Waals surface area contributed by atoms with Crippen LogP contribution in [0.4, 0.5) is 0 Å². The van der Waals surface area contributed by atoms with E-state index in [1.54, 1.807) is 0 Å². The maximum Gasteiger partial charge on any atom is 0.0442 e. The normalized spacial score (nSPS) is 12.3. The second-order valence-corrected chi connectivity index (χ2v) is 9.21. The van der Waals surface area contributed by atoms with Crippen molar-refractivity contribution in [1.29, 1.82) is 0 Å². The fourth-order valence-corrected chi connectivity index (χ4v) is 6.68. The molecule has 0 aliphatic rings. The molecule has 0 radical (unpaired) electrons. The van der Waals surface area contributed by atoms with Gasteiger partial charge in [-0.25, -0.2) is 0 Å². The molecule has 0 amide bonds. The first kappa shape index (κ1) is 13.1. The van der Waals surface area contributed by atoms with E-state index in [4.69, 9.17) is 0 Å². The summed E-state index contributed by atoms with van der Waals surface area (Å²) >= 11 is 5.81.